The van der Waals surface area contributed by atoms with Gasteiger partial charge in [-0.25, -0.2) is 4.98 Å². The first-order valence-corrected chi connectivity index (χ1v) is 5.53. The van der Waals surface area contributed by atoms with Crippen molar-refractivity contribution in [2.75, 3.05) is 6.54 Å². The third kappa shape index (κ3) is 2.15. The highest BCUT2D eigenvalue weighted by Crippen LogP contribution is 2.41. The van der Waals surface area contributed by atoms with Crippen molar-refractivity contribution in [3.05, 3.63) is 18.2 Å². The summed E-state index contributed by atoms with van der Waals surface area (Å²) in [6.45, 7) is 5.55. The number of H-pyrrole nitrogens is 1. The van der Waals surface area contributed by atoms with Crippen LogP contribution in [0.25, 0.3) is 0 Å². The first kappa shape index (κ1) is 9.71. The molecule has 0 amide bonds. The highest BCUT2D eigenvalue weighted by atomic mass is 15.0. The van der Waals surface area contributed by atoms with Crippen LogP contribution in [0.4, 0.5) is 0 Å². The van der Waals surface area contributed by atoms with E-state index in [2.05, 4.69) is 29.1 Å². The maximum Gasteiger partial charge on any atom is 0.107 e. The molecule has 0 radical (unpaired) electrons. The van der Waals surface area contributed by atoms with Crippen molar-refractivity contribution in [3.8, 4) is 0 Å². The van der Waals surface area contributed by atoms with Crippen LogP contribution in [-0.4, -0.2) is 22.6 Å². The van der Waals surface area contributed by atoms with Gasteiger partial charge in [0.05, 0.1) is 0 Å². The minimum absolute atomic E-state index is 0.612. The van der Waals surface area contributed by atoms with Crippen molar-refractivity contribution >= 4 is 0 Å². The number of nitrogens with one attached hydrogen (secondary N) is 2. The molecule has 1 aliphatic carbocycles. The molecule has 78 valence electrons. The number of rotatable bonds is 5. The van der Waals surface area contributed by atoms with Gasteiger partial charge in [-0.15, -0.1) is 0 Å². The molecule has 3 heteroatoms. The number of aromatic nitrogens is 2. The van der Waals surface area contributed by atoms with Gasteiger partial charge in [0.2, 0.25) is 0 Å². The van der Waals surface area contributed by atoms with Gasteiger partial charge in [-0.2, -0.15) is 0 Å². The van der Waals surface area contributed by atoms with Crippen molar-refractivity contribution in [2.45, 2.75) is 32.7 Å². The Morgan fingerprint density at radius 1 is 1.71 bits per heavy atom. The summed E-state index contributed by atoms with van der Waals surface area (Å²) < 4.78 is 0. The molecule has 0 aliphatic heterocycles. The van der Waals surface area contributed by atoms with Crippen LogP contribution in [0.2, 0.25) is 0 Å². The molecular formula is C11H19N3. The van der Waals surface area contributed by atoms with Crippen molar-refractivity contribution in [1.82, 2.24) is 15.3 Å². The van der Waals surface area contributed by atoms with Crippen molar-refractivity contribution < 1.29 is 0 Å². The third-order valence-electron chi connectivity index (χ3n) is 3.12. The standard InChI is InChI=1S/C11H19N3/c1-3-12-10(9-6-8(9)2)7-11-13-4-5-14-11/h4-5,8-10,12H,3,6-7H2,1-2H3,(H,13,14). The van der Waals surface area contributed by atoms with Crippen LogP contribution >= 0.6 is 0 Å². The SMILES string of the molecule is CCNC(Cc1ncc[nH]1)C1CC1C. The zero-order valence-electron chi connectivity index (χ0n) is 8.96. The number of hydrogen-bond donors (Lipinski definition) is 2. The highest BCUT2D eigenvalue weighted by Gasteiger charge is 2.39. The number of nitrogens with zero attached hydrogens (tertiary/aromatic N) is 1. The van der Waals surface area contributed by atoms with E-state index < -0.39 is 0 Å². The molecule has 0 spiro atoms. The Hall–Kier alpha value is -0.830. The quantitative estimate of drug-likeness (QED) is 0.745. The van der Waals surface area contributed by atoms with E-state index in [4.69, 9.17) is 0 Å². The molecule has 0 saturated heterocycles. The molecule has 1 fully saturated rings. The van der Waals surface area contributed by atoms with E-state index in [9.17, 15) is 0 Å². The van der Waals surface area contributed by atoms with E-state index in [0.29, 0.717) is 6.04 Å². The number of aromatic amines is 1. The highest BCUT2D eigenvalue weighted by molar-refractivity contribution is 4.99. The topological polar surface area (TPSA) is 40.7 Å². The van der Waals surface area contributed by atoms with E-state index in [1.807, 2.05) is 12.4 Å². The van der Waals surface area contributed by atoms with Crippen LogP contribution in [0.1, 0.15) is 26.1 Å². The lowest BCUT2D eigenvalue weighted by molar-refractivity contribution is 0.448. The molecule has 3 unspecified atom stereocenters. The number of imidazole rings is 1. The Balaban J connectivity index is 1.91. The Labute approximate surface area is 85.3 Å². The molecule has 1 aromatic heterocycles. The first-order chi connectivity index (χ1) is 6.81. The molecule has 0 aromatic carbocycles. The largest absolute Gasteiger partial charge is 0.349 e. The maximum atomic E-state index is 4.28. The summed E-state index contributed by atoms with van der Waals surface area (Å²) in [5, 5.41) is 3.55. The second-order valence-electron chi connectivity index (χ2n) is 4.28. The zero-order valence-corrected chi connectivity index (χ0v) is 8.96. The minimum atomic E-state index is 0.612. The lowest BCUT2D eigenvalue weighted by atomic mass is 10.1. The fraction of sp³-hybridized carbons (Fsp3) is 0.727. The molecule has 2 N–H and O–H groups in total. The monoisotopic (exact) mass is 193 g/mol. The lowest BCUT2D eigenvalue weighted by Crippen LogP contribution is -2.33. The van der Waals surface area contributed by atoms with Crippen LogP contribution in [0, 0.1) is 11.8 Å². The van der Waals surface area contributed by atoms with Gasteiger partial charge in [-0.3, -0.25) is 0 Å². The molecule has 1 aromatic rings. The summed E-state index contributed by atoms with van der Waals surface area (Å²) in [6, 6.07) is 0.612. The van der Waals surface area contributed by atoms with Gasteiger partial charge >= 0.3 is 0 Å². The van der Waals surface area contributed by atoms with Crippen LogP contribution in [0.15, 0.2) is 12.4 Å². The second-order valence-corrected chi connectivity index (χ2v) is 4.28. The van der Waals surface area contributed by atoms with E-state index in [0.717, 1.165) is 30.6 Å². The average molecular weight is 193 g/mol. The first-order valence-electron chi connectivity index (χ1n) is 5.53. The molecule has 3 nitrogen and oxygen atoms in total. The van der Waals surface area contributed by atoms with E-state index >= 15 is 0 Å². The molecular weight excluding hydrogens is 174 g/mol. The molecule has 1 aliphatic rings. The summed E-state index contributed by atoms with van der Waals surface area (Å²) in [5.74, 6) is 2.86. The van der Waals surface area contributed by atoms with Gasteiger partial charge in [0.1, 0.15) is 5.82 Å². The molecule has 1 heterocycles. The third-order valence-corrected chi connectivity index (χ3v) is 3.12. The average Bonchev–Trinajstić information content (AvgIpc) is 2.68. The van der Waals surface area contributed by atoms with Gasteiger partial charge in [0, 0.05) is 24.9 Å². The van der Waals surface area contributed by atoms with Gasteiger partial charge in [-0.05, 0) is 24.8 Å². The predicted octanol–water partition coefficient (Wildman–Crippen LogP) is 1.59. The Morgan fingerprint density at radius 3 is 3.00 bits per heavy atom. The number of hydrogen-bond acceptors (Lipinski definition) is 2. The summed E-state index contributed by atoms with van der Waals surface area (Å²) in [4.78, 5) is 7.45. The van der Waals surface area contributed by atoms with Crippen molar-refractivity contribution in [3.63, 3.8) is 0 Å². The summed E-state index contributed by atoms with van der Waals surface area (Å²) >= 11 is 0. The van der Waals surface area contributed by atoms with Gasteiger partial charge in [0.25, 0.3) is 0 Å². The lowest BCUT2D eigenvalue weighted by Gasteiger charge is -2.16. The van der Waals surface area contributed by atoms with Crippen molar-refractivity contribution in [2.24, 2.45) is 11.8 Å². The Morgan fingerprint density at radius 2 is 2.50 bits per heavy atom. The van der Waals surface area contributed by atoms with Gasteiger partial charge in [0.15, 0.2) is 0 Å². The normalized spacial score (nSPS) is 27.6. The van der Waals surface area contributed by atoms with Crippen LogP contribution in [0.5, 0.6) is 0 Å². The minimum Gasteiger partial charge on any atom is -0.349 e. The predicted molar refractivity (Wildman–Crippen MR) is 57.0 cm³/mol. The zero-order chi connectivity index (χ0) is 9.97. The van der Waals surface area contributed by atoms with Crippen LogP contribution in [0.3, 0.4) is 0 Å². The van der Waals surface area contributed by atoms with Gasteiger partial charge < -0.3 is 10.3 Å². The summed E-state index contributed by atoms with van der Waals surface area (Å²) in [7, 11) is 0. The maximum absolute atomic E-state index is 4.28. The molecule has 3 atom stereocenters. The van der Waals surface area contributed by atoms with E-state index in [1.165, 1.54) is 6.42 Å². The van der Waals surface area contributed by atoms with Gasteiger partial charge in [-0.1, -0.05) is 13.8 Å². The van der Waals surface area contributed by atoms with E-state index in [-0.39, 0.29) is 0 Å². The fourth-order valence-corrected chi connectivity index (χ4v) is 2.17. The molecule has 0 bridgehead atoms. The molecule has 1 saturated carbocycles. The van der Waals surface area contributed by atoms with Crippen LogP contribution < -0.4 is 5.32 Å². The smallest absolute Gasteiger partial charge is 0.107 e. The molecule has 2 rings (SSSR count). The number of likely N-dealkylation sites (N-methyl/N-ethyl adjacent to an activating group) is 1. The van der Waals surface area contributed by atoms with Crippen molar-refractivity contribution in [1.29, 1.82) is 0 Å². The Bertz CT molecular complexity index is 268. The van der Waals surface area contributed by atoms with Crippen LogP contribution in [-0.2, 0) is 6.42 Å². The molecule has 14 heavy (non-hydrogen) atoms. The summed E-state index contributed by atoms with van der Waals surface area (Å²) in [6.07, 6.45) is 6.14. The second kappa shape index (κ2) is 4.13. The Kier molecular flexibility index (Phi) is 2.87. The fourth-order valence-electron chi connectivity index (χ4n) is 2.17. The van der Waals surface area contributed by atoms with E-state index in [1.54, 1.807) is 0 Å². The summed E-state index contributed by atoms with van der Waals surface area (Å²) in [5.41, 5.74) is 0.